The first-order valence-electron chi connectivity index (χ1n) is 5.68. The third-order valence-corrected chi connectivity index (χ3v) is 3.94. The van der Waals surface area contributed by atoms with Gasteiger partial charge in [0.05, 0.1) is 16.3 Å². The van der Waals surface area contributed by atoms with Crippen molar-refractivity contribution < 1.29 is 9.53 Å². The third kappa shape index (κ3) is 2.69. The topological polar surface area (TPSA) is 56.1 Å². The van der Waals surface area contributed by atoms with Crippen LogP contribution in [0.4, 0.5) is 0 Å². The molecule has 2 rings (SSSR count). The number of halogens is 1. The van der Waals surface area contributed by atoms with E-state index in [4.69, 9.17) is 4.74 Å². The number of nitrogens with one attached hydrogen (secondary N) is 1. The Balaban J connectivity index is 1.96. The fourth-order valence-electron chi connectivity index (χ4n) is 1.82. The number of nitrogens with zero attached hydrogens (tertiary/aromatic N) is 2. The Kier molecular flexibility index (Phi) is 3.83. The molecule has 1 aliphatic rings. The van der Waals surface area contributed by atoms with E-state index in [1.807, 2.05) is 14.0 Å². The van der Waals surface area contributed by atoms with Crippen molar-refractivity contribution in [2.75, 3.05) is 13.2 Å². The minimum absolute atomic E-state index is 0.155. The van der Waals surface area contributed by atoms with Gasteiger partial charge in [0, 0.05) is 20.2 Å². The van der Waals surface area contributed by atoms with Crippen LogP contribution in [-0.4, -0.2) is 34.9 Å². The van der Waals surface area contributed by atoms with E-state index >= 15 is 0 Å². The van der Waals surface area contributed by atoms with Crippen molar-refractivity contribution in [2.24, 2.45) is 7.05 Å². The molecule has 2 heterocycles. The molecule has 1 aromatic rings. The average Bonchev–Trinajstić information content (AvgIpc) is 2.91. The van der Waals surface area contributed by atoms with Crippen LogP contribution in [-0.2, 0) is 11.8 Å². The summed E-state index contributed by atoms with van der Waals surface area (Å²) in [6.45, 7) is 3.27. The minimum atomic E-state index is -0.156. The van der Waals surface area contributed by atoms with Crippen molar-refractivity contribution in [1.82, 2.24) is 15.1 Å². The average molecular weight is 302 g/mol. The van der Waals surface area contributed by atoms with E-state index < -0.39 is 0 Å². The van der Waals surface area contributed by atoms with Gasteiger partial charge >= 0.3 is 0 Å². The first-order chi connectivity index (χ1) is 8.09. The second-order valence-electron chi connectivity index (χ2n) is 4.22. The zero-order valence-electron chi connectivity index (χ0n) is 9.99. The molecule has 0 bridgehead atoms. The van der Waals surface area contributed by atoms with E-state index in [1.54, 1.807) is 4.68 Å². The molecule has 1 saturated heterocycles. The maximum absolute atomic E-state index is 11.9. The minimum Gasteiger partial charge on any atom is -0.376 e. The molecule has 1 aliphatic heterocycles. The SMILES string of the molecule is Cc1c(Br)c(C(=O)NC[C@@H]2CCCO2)nn1C. The van der Waals surface area contributed by atoms with Crippen molar-refractivity contribution in [3.63, 3.8) is 0 Å². The Morgan fingerprint density at radius 3 is 3.00 bits per heavy atom. The second-order valence-corrected chi connectivity index (χ2v) is 5.01. The van der Waals surface area contributed by atoms with Crippen LogP contribution in [0.15, 0.2) is 4.47 Å². The van der Waals surface area contributed by atoms with Crippen LogP contribution in [0.2, 0.25) is 0 Å². The molecule has 94 valence electrons. The highest BCUT2D eigenvalue weighted by atomic mass is 79.9. The summed E-state index contributed by atoms with van der Waals surface area (Å²) in [5, 5.41) is 7.02. The first-order valence-corrected chi connectivity index (χ1v) is 6.47. The smallest absolute Gasteiger partial charge is 0.273 e. The lowest BCUT2D eigenvalue weighted by Crippen LogP contribution is -2.32. The largest absolute Gasteiger partial charge is 0.376 e. The number of carbonyl (C=O) groups excluding carboxylic acids is 1. The second kappa shape index (κ2) is 5.18. The molecule has 0 unspecified atom stereocenters. The number of aryl methyl sites for hydroxylation is 1. The Morgan fingerprint density at radius 2 is 2.47 bits per heavy atom. The van der Waals surface area contributed by atoms with Gasteiger partial charge in [0.25, 0.3) is 5.91 Å². The summed E-state index contributed by atoms with van der Waals surface area (Å²) >= 11 is 3.38. The van der Waals surface area contributed by atoms with Gasteiger partial charge in [-0.15, -0.1) is 0 Å². The Hall–Kier alpha value is -0.880. The lowest BCUT2D eigenvalue weighted by Gasteiger charge is -2.09. The van der Waals surface area contributed by atoms with Gasteiger partial charge in [0.1, 0.15) is 0 Å². The predicted molar refractivity (Wildman–Crippen MR) is 67.0 cm³/mol. The van der Waals surface area contributed by atoms with Gasteiger partial charge in [-0.05, 0) is 35.7 Å². The number of carbonyl (C=O) groups is 1. The summed E-state index contributed by atoms with van der Waals surface area (Å²) in [5.41, 5.74) is 1.37. The number of hydrogen-bond acceptors (Lipinski definition) is 3. The van der Waals surface area contributed by atoms with Gasteiger partial charge in [0.15, 0.2) is 5.69 Å². The van der Waals surface area contributed by atoms with Crippen LogP contribution >= 0.6 is 15.9 Å². The highest BCUT2D eigenvalue weighted by Gasteiger charge is 2.20. The van der Waals surface area contributed by atoms with Crippen molar-refractivity contribution >= 4 is 21.8 Å². The summed E-state index contributed by atoms with van der Waals surface area (Å²) in [6, 6.07) is 0. The zero-order valence-corrected chi connectivity index (χ0v) is 11.6. The summed E-state index contributed by atoms with van der Waals surface area (Å²) in [5.74, 6) is -0.156. The molecule has 1 amide bonds. The van der Waals surface area contributed by atoms with Crippen molar-refractivity contribution in [3.05, 3.63) is 15.9 Å². The van der Waals surface area contributed by atoms with E-state index in [0.29, 0.717) is 12.2 Å². The molecular weight excluding hydrogens is 286 g/mol. The van der Waals surface area contributed by atoms with Gasteiger partial charge in [-0.1, -0.05) is 0 Å². The molecule has 0 saturated carbocycles. The number of rotatable bonds is 3. The number of aromatic nitrogens is 2. The van der Waals surface area contributed by atoms with Crippen LogP contribution < -0.4 is 5.32 Å². The molecule has 1 fully saturated rings. The molecule has 17 heavy (non-hydrogen) atoms. The highest BCUT2D eigenvalue weighted by Crippen LogP contribution is 2.20. The van der Waals surface area contributed by atoms with Crippen LogP contribution in [0.3, 0.4) is 0 Å². The van der Waals surface area contributed by atoms with E-state index in [9.17, 15) is 4.79 Å². The number of amides is 1. The van der Waals surface area contributed by atoms with E-state index in [1.165, 1.54) is 0 Å². The molecular formula is C11H16BrN3O2. The molecule has 0 aromatic carbocycles. The molecule has 1 aromatic heterocycles. The molecule has 0 radical (unpaired) electrons. The lowest BCUT2D eigenvalue weighted by atomic mass is 10.2. The van der Waals surface area contributed by atoms with Crippen molar-refractivity contribution in [2.45, 2.75) is 25.9 Å². The third-order valence-electron chi connectivity index (χ3n) is 2.99. The fraction of sp³-hybridized carbons (Fsp3) is 0.636. The predicted octanol–water partition coefficient (Wildman–Crippen LogP) is 1.40. The van der Waals surface area contributed by atoms with Gasteiger partial charge in [-0.25, -0.2) is 0 Å². The fourth-order valence-corrected chi connectivity index (χ4v) is 2.34. The highest BCUT2D eigenvalue weighted by molar-refractivity contribution is 9.10. The molecule has 1 atom stereocenters. The van der Waals surface area contributed by atoms with Gasteiger partial charge in [0.2, 0.25) is 0 Å². The van der Waals surface area contributed by atoms with Crippen LogP contribution in [0, 0.1) is 6.92 Å². The van der Waals surface area contributed by atoms with Gasteiger partial charge in [-0.2, -0.15) is 5.10 Å². The number of hydrogen-bond donors (Lipinski definition) is 1. The quantitative estimate of drug-likeness (QED) is 0.918. The summed E-state index contributed by atoms with van der Waals surface area (Å²) in [7, 11) is 1.82. The zero-order chi connectivity index (χ0) is 12.4. The van der Waals surface area contributed by atoms with Crippen molar-refractivity contribution in [3.8, 4) is 0 Å². The van der Waals surface area contributed by atoms with Gasteiger partial charge in [-0.3, -0.25) is 9.48 Å². The molecule has 1 N–H and O–H groups in total. The van der Waals surface area contributed by atoms with E-state index in [2.05, 4.69) is 26.3 Å². The summed E-state index contributed by atoms with van der Waals surface area (Å²) in [4.78, 5) is 11.9. The molecule has 6 heteroatoms. The lowest BCUT2D eigenvalue weighted by molar-refractivity contribution is 0.0852. The van der Waals surface area contributed by atoms with Gasteiger partial charge < -0.3 is 10.1 Å². The molecule has 5 nitrogen and oxygen atoms in total. The summed E-state index contributed by atoms with van der Waals surface area (Å²) < 4.78 is 7.89. The number of ether oxygens (including phenoxy) is 1. The Labute approximate surface area is 109 Å². The summed E-state index contributed by atoms with van der Waals surface area (Å²) in [6.07, 6.45) is 2.25. The normalized spacial score (nSPS) is 19.6. The van der Waals surface area contributed by atoms with Crippen LogP contribution in [0.25, 0.3) is 0 Å². The Bertz CT molecular complexity index is 425. The Morgan fingerprint density at radius 1 is 1.71 bits per heavy atom. The van der Waals surface area contributed by atoms with Crippen molar-refractivity contribution in [1.29, 1.82) is 0 Å². The van der Waals surface area contributed by atoms with Crippen LogP contribution in [0.1, 0.15) is 29.0 Å². The monoisotopic (exact) mass is 301 g/mol. The molecule has 0 spiro atoms. The maximum Gasteiger partial charge on any atom is 0.273 e. The van der Waals surface area contributed by atoms with E-state index in [0.717, 1.165) is 29.6 Å². The molecule has 0 aliphatic carbocycles. The van der Waals surface area contributed by atoms with Crippen LogP contribution in [0.5, 0.6) is 0 Å². The van der Waals surface area contributed by atoms with E-state index in [-0.39, 0.29) is 12.0 Å². The first kappa shape index (κ1) is 12.6. The standard InChI is InChI=1S/C11H16BrN3O2/c1-7-9(12)10(14-15(7)2)11(16)13-6-8-4-3-5-17-8/h8H,3-6H2,1-2H3,(H,13,16)/t8-/m0/s1. The maximum atomic E-state index is 11.9.